The summed E-state index contributed by atoms with van der Waals surface area (Å²) >= 11 is 0. The highest BCUT2D eigenvalue weighted by atomic mass is 19.1. The normalized spacial score (nSPS) is 16.0. The molecule has 1 fully saturated rings. The molecule has 3 rings (SSSR count). The van der Waals surface area contributed by atoms with Gasteiger partial charge in [0.25, 0.3) is 0 Å². The molecule has 2 aromatic rings. The first-order valence-electron chi connectivity index (χ1n) is 10.2. The molecule has 1 aliphatic rings. The molecule has 3 N–H and O–H groups in total. The van der Waals surface area contributed by atoms with Crippen molar-refractivity contribution in [3.63, 3.8) is 0 Å². The number of benzene rings is 1. The van der Waals surface area contributed by atoms with Crippen molar-refractivity contribution < 1.29 is 18.7 Å². The molecular formula is C22H30FN3O3. The summed E-state index contributed by atoms with van der Waals surface area (Å²) in [5.41, 5.74) is 0.983. The van der Waals surface area contributed by atoms with Crippen molar-refractivity contribution in [2.24, 2.45) is 5.92 Å². The van der Waals surface area contributed by atoms with Crippen LogP contribution in [0.2, 0.25) is 0 Å². The predicted molar refractivity (Wildman–Crippen MR) is 110 cm³/mol. The summed E-state index contributed by atoms with van der Waals surface area (Å²) < 4.78 is 18.9. The molecule has 0 aliphatic heterocycles. The summed E-state index contributed by atoms with van der Waals surface area (Å²) in [5.74, 6) is -0.142. The van der Waals surface area contributed by atoms with E-state index < -0.39 is 11.7 Å². The number of hydrogen-bond donors (Lipinski definition) is 3. The van der Waals surface area contributed by atoms with Crippen LogP contribution in [0.4, 0.5) is 9.18 Å². The van der Waals surface area contributed by atoms with E-state index in [0.29, 0.717) is 17.8 Å². The van der Waals surface area contributed by atoms with Crippen LogP contribution in [0.25, 0.3) is 10.9 Å². The van der Waals surface area contributed by atoms with Gasteiger partial charge in [0, 0.05) is 29.7 Å². The van der Waals surface area contributed by atoms with Gasteiger partial charge in [0.1, 0.15) is 11.4 Å². The number of H-pyrrole nitrogens is 1. The number of alkyl carbamates (subject to hydrolysis) is 1. The Hall–Kier alpha value is -2.57. The minimum atomic E-state index is -0.569. The van der Waals surface area contributed by atoms with Crippen LogP contribution >= 0.6 is 0 Å². The van der Waals surface area contributed by atoms with Crippen molar-refractivity contribution in [2.45, 2.75) is 64.5 Å². The molecule has 2 amide bonds. The SMILES string of the molecule is CC(C)(C)OC(=O)NC[C@H](NC(=O)Cc1c[nH]c2ccc(F)cc12)C1CCCC1. The summed E-state index contributed by atoms with van der Waals surface area (Å²) in [6, 6.07) is 4.34. The van der Waals surface area contributed by atoms with E-state index in [1.807, 2.05) is 20.8 Å². The molecule has 1 saturated carbocycles. The zero-order chi connectivity index (χ0) is 21.0. The van der Waals surface area contributed by atoms with Crippen LogP contribution in [0.5, 0.6) is 0 Å². The van der Waals surface area contributed by atoms with Gasteiger partial charge in [-0.1, -0.05) is 12.8 Å². The third-order valence-corrected chi connectivity index (χ3v) is 5.26. The number of aromatic amines is 1. The molecule has 0 radical (unpaired) electrons. The molecule has 29 heavy (non-hydrogen) atoms. The smallest absolute Gasteiger partial charge is 0.407 e. The van der Waals surface area contributed by atoms with Gasteiger partial charge in [0.15, 0.2) is 0 Å². The third-order valence-electron chi connectivity index (χ3n) is 5.26. The Morgan fingerprint density at radius 2 is 2.00 bits per heavy atom. The quantitative estimate of drug-likeness (QED) is 0.680. The fraction of sp³-hybridized carbons (Fsp3) is 0.545. The predicted octanol–water partition coefficient (Wildman–Crippen LogP) is 4.05. The van der Waals surface area contributed by atoms with Gasteiger partial charge >= 0.3 is 6.09 Å². The van der Waals surface area contributed by atoms with E-state index in [0.717, 1.165) is 36.8 Å². The monoisotopic (exact) mass is 403 g/mol. The van der Waals surface area contributed by atoms with Gasteiger partial charge in [-0.15, -0.1) is 0 Å². The molecule has 7 heteroatoms. The maximum Gasteiger partial charge on any atom is 0.407 e. The van der Waals surface area contributed by atoms with Crippen molar-refractivity contribution in [1.82, 2.24) is 15.6 Å². The fourth-order valence-corrected chi connectivity index (χ4v) is 3.93. The lowest BCUT2D eigenvalue weighted by atomic mass is 9.97. The molecule has 1 aromatic heterocycles. The molecular weight excluding hydrogens is 373 g/mol. The van der Waals surface area contributed by atoms with Gasteiger partial charge < -0.3 is 20.4 Å². The molecule has 0 unspecified atom stereocenters. The second-order valence-corrected chi connectivity index (χ2v) is 8.78. The molecule has 6 nitrogen and oxygen atoms in total. The number of carbonyl (C=O) groups is 2. The molecule has 0 saturated heterocycles. The number of carbonyl (C=O) groups excluding carboxylic acids is 2. The Morgan fingerprint density at radius 3 is 2.69 bits per heavy atom. The molecule has 0 spiro atoms. The largest absolute Gasteiger partial charge is 0.444 e. The fourth-order valence-electron chi connectivity index (χ4n) is 3.93. The lowest BCUT2D eigenvalue weighted by Crippen LogP contribution is -2.48. The molecule has 158 valence electrons. The summed E-state index contributed by atoms with van der Waals surface area (Å²) in [5, 5.41) is 6.58. The molecule has 0 bridgehead atoms. The van der Waals surface area contributed by atoms with Crippen LogP contribution in [-0.4, -0.2) is 35.2 Å². The van der Waals surface area contributed by atoms with Crippen molar-refractivity contribution in [3.8, 4) is 0 Å². The number of aromatic nitrogens is 1. The van der Waals surface area contributed by atoms with Gasteiger partial charge in [-0.05, 0) is 63.3 Å². The maximum atomic E-state index is 13.6. The average Bonchev–Trinajstić information content (AvgIpc) is 3.27. The van der Waals surface area contributed by atoms with E-state index in [4.69, 9.17) is 4.74 Å². The third kappa shape index (κ3) is 5.95. The van der Waals surface area contributed by atoms with Crippen LogP contribution in [0.15, 0.2) is 24.4 Å². The zero-order valence-corrected chi connectivity index (χ0v) is 17.3. The lowest BCUT2D eigenvalue weighted by molar-refractivity contribution is -0.121. The summed E-state index contributed by atoms with van der Waals surface area (Å²) in [7, 11) is 0. The van der Waals surface area contributed by atoms with E-state index in [1.54, 1.807) is 12.3 Å². The van der Waals surface area contributed by atoms with Crippen molar-refractivity contribution in [1.29, 1.82) is 0 Å². The minimum Gasteiger partial charge on any atom is -0.444 e. The number of amides is 2. The van der Waals surface area contributed by atoms with Crippen LogP contribution < -0.4 is 10.6 Å². The van der Waals surface area contributed by atoms with Crippen LogP contribution in [0, 0.1) is 11.7 Å². The van der Waals surface area contributed by atoms with Crippen molar-refractivity contribution in [3.05, 3.63) is 35.8 Å². The molecule has 1 aromatic carbocycles. The first kappa shape index (κ1) is 21.1. The highest BCUT2D eigenvalue weighted by molar-refractivity contribution is 5.89. The zero-order valence-electron chi connectivity index (χ0n) is 17.3. The highest BCUT2D eigenvalue weighted by Crippen LogP contribution is 2.28. The van der Waals surface area contributed by atoms with Crippen LogP contribution in [0.1, 0.15) is 52.0 Å². The Kier molecular flexibility index (Phi) is 6.45. The van der Waals surface area contributed by atoms with Gasteiger partial charge in [-0.2, -0.15) is 0 Å². The number of ether oxygens (including phenoxy) is 1. The number of nitrogens with one attached hydrogen (secondary N) is 3. The van der Waals surface area contributed by atoms with Crippen molar-refractivity contribution >= 4 is 22.9 Å². The molecule has 1 aliphatic carbocycles. The Labute approximate surface area is 170 Å². The number of halogens is 1. The summed E-state index contributed by atoms with van der Waals surface area (Å²) in [6.07, 6.45) is 5.73. The average molecular weight is 403 g/mol. The second kappa shape index (κ2) is 8.84. The number of fused-ring (bicyclic) bond motifs is 1. The van der Waals surface area contributed by atoms with E-state index >= 15 is 0 Å². The Bertz CT molecular complexity index is 866. The first-order chi connectivity index (χ1) is 13.7. The van der Waals surface area contributed by atoms with Gasteiger partial charge in [0.2, 0.25) is 5.91 Å². The molecule has 1 heterocycles. The van der Waals surface area contributed by atoms with Gasteiger partial charge in [-0.25, -0.2) is 9.18 Å². The summed E-state index contributed by atoms with van der Waals surface area (Å²) in [6.45, 7) is 5.76. The van der Waals surface area contributed by atoms with Crippen LogP contribution in [-0.2, 0) is 16.0 Å². The highest BCUT2D eigenvalue weighted by Gasteiger charge is 2.27. The Balaban J connectivity index is 1.62. The molecule has 1 atom stereocenters. The number of hydrogen-bond acceptors (Lipinski definition) is 3. The van der Waals surface area contributed by atoms with E-state index in [1.165, 1.54) is 12.1 Å². The van der Waals surface area contributed by atoms with E-state index in [-0.39, 0.29) is 24.2 Å². The van der Waals surface area contributed by atoms with Gasteiger partial charge in [-0.3, -0.25) is 4.79 Å². The maximum absolute atomic E-state index is 13.6. The minimum absolute atomic E-state index is 0.141. The first-order valence-corrected chi connectivity index (χ1v) is 10.2. The second-order valence-electron chi connectivity index (χ2n) is 8.78. The number of rotatable bonds is 6. The summed E-state index contributed by atoms with van der Waals surface area (Å²) in [4.78, 5) is 27.8. The van der Waals surface area contributed by atoms with E-state index in [2.05, 4.69) is 15.6 Å². The topological polar surface area (TPSA) is 83.2 Å². The van der Waals surface area contributed by atoms with Crippen molar-refractivity contribution in [2.75, 3.05) is 6.54 Å². The Morgan fingerprint density at radius 1 is 1.28 bits per heavy atom. The van der Waals surface area contributed by atoms with Crippen LogP contribution in [0.3, 0.4) is 0 Å². The lowest BCUT2D eigenvalue weighted by Gasteiger charge is -2.26. The standard InChI is InChI=1S/C22H30FN3O3/c1-22(2,3)29-21(28)25-13-19(14-6-4-5-7-14)26-20(27)10-15-12-24-18-9-8-16(23)11-17(15)18/h8-9,11-12,14,19,24H,4-7,10,13H2,1-3H3,(H,25,28)(H,26,27)/t19-/m0/s1. The van der Waals surface area contributed by atoms with Gasteiger partial charge in [0.05, 0.1) is 6.42 Å². The van der Waals surface area contributed by atoms with E-state index in [9.17, 15) is 14.0 Å².